The standard InChI is InChI=1S/C12H13NO3S2/c14-10(13-12(2-3-12)11(15)16)9-5-7-6-17-4-1-8(7)18-9/h5H,1-4,6H2,(H,13,14)(H,15,16). The van der Waals surface area contributed by atoms with Crippen LogP contribution in [0, 0.1) is 0 Å². The second-order valence-electron chi connectivity index (χ2n) is 4.70. The van der Waals surface area contributed by atoms with E-state index in [0.717, 1.165) is 17.9 Å². The maximum absolute atomic E-state index is 12.1. The van der Waals surface area contributed by atoms with Gasteiger partial charge in [-0.25, -0.2) is 4.79 Å². The lowest BCUT2D eigenvalue weighted by Gasteiger charge is -2.10. The van der Waals surface area contributed by atoms with Crippen molar-refractivity contribution in [3.05, 3.63) is 21.4 Å². The van der Waals surface area contributed by atoms with E-state index in [2.05, 4.69) is 5.32 Å². The first-order chi connectivity index (χ1) is 8.61. The molecule has 0 atom stereocenters. The van der Waals surface area contributed by atoms with E-state index in [0.29, 0.717) is 17.7 Å². The van der Waals surface area contributed by atoms with E-state index in [1.807, 2.05) is 17.8 Å². The number of hydrogen-bond acceptors (Lipinski definition) is 4. The molecule has 1 aliphatic carbocycles. The number of aryl methyl sites for hydroxylation is 1. The first-order valence-electron chi connectivity index (χ1n) is 5.86. The Kier molecular flexibility index (Phi) is 2.86. The normalized spacial score (nSPS) is 20.0. The number of aliphatic carboxylic acids is 1. The molecule has 4 nitrogen and oxygen atoms in total. The third-order valence-electron chi connectivity index (χ3n) is 3.36. The summed E-state index contributed by atoms with van der Waals surface area (Å²) in [7, 11) is 0. The molecule has 6 heteroatoms. The first kappa shape index (κ1) is 12.0. The number of thiophene rings is 1. The average Bonchev–Trinajstić information content (AvgIpc) is 3.00. The van der Waals surface area contributed by atoms with Gasteiger partial charge >= 0.3 is 5.97 Å². The SMILES string of the molecule is O=C(NC1(C(=O)O)CC1)c1cc2c(s1)CCSC2. The summed E-state index contributed by atoms with van der Waals surface area (Å²) < 4.78 is 0. The van der Waals surface area contributed by atoms with E-state index in [-0.39, 0.29) is 5.91 Å². The Morgan fingerprint density at radius 3 is 2.78 bits per heavy atom. The molecule has 1 amide bonds. The summed E-state index contributed by atoms with van der Waals surface area (Å²) in [6.45, 7) is 0. The molecule has 0 unspecified atom stereocenters. The molecule has 18 heavy (non-hydrogen) atoms. The Morgan fingerprint density at radius 2 is 2.17 bits per heavy atom. The molecule has 0 bridgehead atoms. The Labute approximate surface area is 113 Å². The lowest BCUT2D eigenvalue weighted by molar-refractivity contribution is -0.140. The van der Waals surface area contributed by atoms with Crippen LogP contribution >= 0.6 is 23.1 Å². The highest BCUT2D eigenvalue weighted by molar-refractivity contribution is 7.98. The van der Waals surface area contributed by atoms with Gasteiger partial charge in [-0.05, 0) is 36.6 Å². The molecule has 1 fully saturated rings. The van der Waals surface area contributed by atoms with Crippen molar-refractivity contribution in [2.75, 3.05) is 5.75 Å². The lowest BCUT2D eigenvalue weighted by atomic mass is 10.2. The summed E-state index contributed by atoms with van der Waals surface area (Å²) in [4.78, 5) is 25.0. The maximum atomic E-state index is 12.1. The van der Waals surface area contributed by atoms with Crippen LogP contribution in [0.15, 0.2) is 6.07 Å². The molecule has 0 radical (unpaired) electrons. The maximum Gasteiger partial charge on any atom is 0.329 e. The number of amides is 1. The van der Waals surface area contributed by atoms with Crippen LogP contribution in [0.1, 0.15) is 33.0 Å². The van der Waals surface area contributed by atoms with Crippen molar-refractivity contribution < 1.29 is 14.7 Å². The third-order valence-corrected chi connectivity index (χ3v) is 5.61. The number of thioether (sulfide) groups is 1. The minimum atomic E-state index is -0.990. The van der Waals surface area contributed by atoms with Crippen LogP contribution in [-0.4, -0.2) is 28.3 Å². The van der Waals surface area contributed by atoms with Gasteiger partial charge in [0.15, 0.2) is 0 Å². The zero-order valence-corrected chi connectivity index (χ0v) is 11.3. The number of fused-ring (bicyclic) bond motifs is 1. The van der Waals surface area contributed by atoms with Crippen molar-refractivity contribution in [1.29, 1.82) is 0 Å². The fraction of sp³-hybridized carbons (Fsp3) is 0.500. The highest BCUT2D eigenvalue weighted by Gasteiger charge is 2.51. The van der Waals surface area contributed by atoms with Crippen molar-refractivity contribution in [1.82, 2.24) is 5.32 Å². The molecule has 0 spiro atoms. The predicted octanol–water partition coefficient (Wildman–Crippen LogP) is 1.88. The molecule has 2 N–H and O–H groups in total. The van der Waals surface area contributed by atoms with E-state index in [4.69, 9.17) is 5.11 Å². The van der Waals surface area contributed by atoms with E-state index >= 15 is 0 Å². The second-order valence-corrected chi connectivity index (χ2v) is 6.94. The van der Waals surface area contributed by atoms with Gasteiger partial charge in [0.1, 0.15) is 5.54 Å². The summed E-state index contributed by atoms with van der Waals surface area (Å²) in [6.07, 6.45) is 2.09. The Bertz CT molecular complexity index is 496. The Morgan fingerprint density at radius 1 is 1.39 bits per heavy atom. The largest absolute Gasteiger partial charge is 0.480 e. The molecule has 2 aliphatic rings. The molecule has 1 aliphatic heterocycles. The number of carbonyl (C=O) groups is 2. The highest BCUT2D eigenvalue weighted by atomic mass is 32.2. The van der Waals surface area contributed by atoms with Crippen molar-refractivity contribution >= 4 is 35.0 Å². The summed E-state index contributed by atoms with van der Waals surface area (Å²) in [5.74, 6) is 0.906. The minimum Gasteiger partial charge on any atom is -0.480 e. The fourth-order valence-corrected chi connectivity index (χ4v) is 4.32. The van der Waals surface area contributed by atoms with Crippen LogP contribution in [0.4, 0.5) is 0 Å². The number of hydrogen-bond donors (Lipinski definition) is 2. The molecule has 96 valence electrons. The summed E-state index contributed by atoms with van der Waals surface area (Å²) in [5, 5.41) is 11.7. The van der Waals surface area contributed by atoms with Gasteiger partial charge in [-0.15, -0.1) is 11.3 Å². The van der Waals surface area contributed by atoms with Crippen LogP contribution in [0.2, 0.25) is 0 Å². The van der Waals surface area contributed by atoms with Gasteiger partial charge in [0.05, 0.1) is 4.88 Å². The molecule has 2 heterocycles. The number of carboxylic acid groups (broad SMARTS) is 1. The highest BCUT2D eigenvalue weighted by Crippen LogP contribution is 2.37. The van der Waals surface area contributed by atoms with Gasteiger partial charge in [0.25, 0.3) is 5.91 Å². The van der Waals surface area contributed by atoms with E-state index in [1.54, 1.807) is 0 Å². The van der Waals surface area contributed by atoms with Crippen molar-refractivity contribution in [2.45, 2.75) is 30.6 Å². The molecule has 0 aromatic carbocycles. The number of rotatable bonds is 3. The van der Waals surface area contributed by atoms with E-state index < -0.39 is 11.5 Å². The molecule has 1 aromatic rings. The first-order valence-corrected chi connectivity index (χ1v) is 7.83. The van der Waals surface area contributed by atoms with Crippen LogP contribution in [-0.2, 0) is 17.0 Å². The van der Waals surface area contributed by atoms with Crippen LogP contribution in [0.25, 0.3) is 0 Å². The quantitative estimate of drug-likeness (QED) is 0.889. The van der Waals surface area contributed by atoms with Gasteiger partial charge in [-0.3, -0.25) is 4.79 Å². The molecular formula is C12H13NO3S2. The fourth-order valence-electron chi connectivity index (χ4n) is 2.06. The van der Waals surface area contributed by atoms with Gasteiger partial charge in [-0.2, -0.15) is 11.8 Å². The van der Waals surface area contributed by atoms with Gasteiger partial charge < -0.3 is 10.4 Å². The van der Waals surface area contributed by atoms with E-state index in [1.165, 1.54) is 21.8 Å². The molecule has 3 rings (SSSR count). The number of nitrogens with one attached hydrogen (secondary N) is 1. The summed E-state index contributed by atoms with van der Waals surface area (Å²) >= 11 is 3.38. The van der Waals surface area contributed by atoms with Crippen LogP contribution in [0.5, 0.6) is 0 Å². The van der Waals surface area contributed by atoms with Crippen LogP contribution < -0.4 is 5.32 Å². The predicted molar refractivity (Wildman–Crippen MR) is 71.3 cm³/mol. The van der Waals surface area contributed by atoms with Gasteiger partial charge in [0.2, 0.25) is 0 Å². The third kappa shape index (κ3) is 2.03. The summed E-state index contributed by atoms with van der Waals surface area (Å²) in [5.41, 5.74) is 0.248. The Hall–Kier alpha value is -1.01. The van der Waals surface area contributed by atoms with Gasteiger partial charge in [-0.1, -0.05) is 0 Å². The van der Waals surface area contributed by atoms with Crippen molar-refractivity contribution in [3.63, 3.8) is 0 Å². The molecule has 1 aromatic heterocycles. The zero-order chi connectivity index (χ0) is 12.8. The topological polar surface area (TPSA) is 66.4 Å². The van der Waals surface area contributed by atoms with E-state index in [9.17, 15) is 9.59 Å². The summed E-state index contributed by atoms with van der Waals surface area (Å²) in [6, 6.07) is 1.92. The number of carboxylic acids is 1. The average molecular weight is 283 g/mol. The molecular weight excluding hydrogens is 270 g/mol. The smallest absolute Gasteiger partial charge is 0.329 e. The molecule has 0 saturated heterocycles. The van der Waals surface area contributed by atoms with Crippen LogP contribution in [0.3, 0.4) is 0 Å². The Balaban J connectivity index is 1.77. The molecule has 1 saturated carbocycles. The minimum absolute atomic E-state index is 0.237. The van der Waals surface area contributed by atoms with Gasteiger partial charge in [0, 0.05) is 10.6 Å². The second kappa shape index (κ2) is 4.28. The number of carbonyl (C=O) groups excluding carboxylic acids is 1. The monoisotopic (exact) mass is 283 g/mol. The van der Waals surface area contributed by atoms with Crippen molar-refractivity contribution in [2.24, 2.45) is 0 Å². The lowest BCUT2D eigenvalue weighted by Crippen LogP contribution is -2.42. The van der Waals surface area contributed by atoms with Crippen molar-refractivity contribution in [3.8, 4) is 0 Å². The zero-order valence-electron chi connectivity index (χ0n) is 9.69.